The molecule has 0 saturated heterocycles. The number of oxazole rings is 1. The number of benzene rings is 1. The molecule has 0 fully saturated rings. The monoisotopic (exact) mass is 580 g/mol. The summed E-state index contributed by atoms with van der Waals surface area (Å²) in [4.78, 5) is 32.1. The van der Waals surface area contributed by atoms with Crippen molar-refractivity contribution < 1.29 is 32.9 Å². The molecule has 0 aliphatic rings. The maximum Gasteiger partial charge on any atom is 0.306 e. The highest BCUT2D eigenvalue weighted by atomic mass is 16.6. The Morgan fingerprint density at radius 1 is 0.929 bits per heavy atom. The Labute approximate surface area is 243 Å². The quantitative estimate of drug-likeness (QED) is 0.148. The van der Waals surface area contributed by atoms with E-state index in [1.807, 2.05) is 32.9 Å². The second-order valence-corrected chi connectivity index (χ2v) is 10.4. The molecular weight excluding hydrogens is 544 g/mol. The van der Waals surface area contributed by atoms with Gasteiger partial charge in [-0.15, -0.1) is 0 Å². The van der Waals surface area contributed by atoms with Crippen molar-refractivity contribution in [3.05, 3.63) is 64.7 Å². The second kappa shape index (κ2) is 14.6. The first kappa shape index (κ1) is 30.7. The largest absolute Gasteiger partial charge is 0.490 e. The molecule has 1 aromatic carbocycles. The van der Waals surface area contributed by atoms with E-state index in [9.17, 15) is 9.59 Å². The molecule has 42 heavy (non-hydrogen) atoms. The number of rotatable bonds is 15. The molecular formula is C30H36N4O8. The molecule has 4 rings (SSSR count). The van der Waals surface area contributed by atoms with Gasteiger partial charge in [-0.2, -0.15) is 5.10 Å². The van der Waals surface area contributed by atoms with E-state index >= 15 is 0 Å². The summed E-state index contributed by atoms with van der Waals surface area (Å²) in [5.74, 6) is 1.35. The third-order valence-corrected chi connectivity index (χ3v) is 5.68. The molecule has 0 radical (unpaired) electrons. The van der Waals surface area contributed by atoms with E-state index in [-0.39, 0.29) is 18.1 Å². The second-order valence-electron chi connectivity index (χ2n) is 10.4. The maximum absolute atomic E-state index is 11.6. The number of fused-ring (bicyclic) bond motifs is 1. The lowest BCUT2D eigenvalue weighted by Gasteiger charge is -2.19. The van der Waals surface area contributed by atoms with Crippen LogP contribution in [0, 0.1) is 0 Å². The van der Waals surface area contributed by atoms with Crippen molar-refractivity contribution in [3.8, 4) is 23.1 Å². The Kier molecular flexibility index (Phi) is 10.6. The van der Waals surface area contributed by atoms with Crippen LogP contribution in [0.15, 0.2) is 57.9 Å². The van der Waals surface area contributed by atoms with E-state index in [0.717, 1.165) is 5.69 Å². The SMILES string of the molecule is Cn1nc(-c2nc3cc(OCc4ccc(OCCOCCOCCCC(=O)OC(C)(C)C)cn4)ccc3o2)ccc1=O. The number of hydrogen-bond acceptors (Lipinski definition) is 11. The number of aromatic nitrogens is 4. The highest BCUT2D eigenvalue weighted by molar-refractivity contribution is 5.77. The van der Waals surface area contributed by atoms with Crippen molar-refractivity contribution in [2.75, 3.05) is 33.0 Å². The molecule has 0 saturated carbocycles. The van der Waals surface area contributed by atoms with Crippen LogP contribution in [0.3, 0.4) is 0 Å². The summed E-state index contributed by atoms with van der Waals surface area (Å²) in [7, 11) is 1.57. The smallest absolute Gasteiger partial charge is 0.306 e. The van der Waals surface area contributed by atoms with Gasteiger partial charge in [0.1, 0.15) is 41.5 Å². The summed E-state index contributed by atoms with van der Waals surface area (Å²) < 4.78 is 34.8. The number of carbonyl (C=O) groups is 1. The molecule has 0 atom stereocenters. The minimum Gasteiger partial charge on any atom is -0.490 e. The van der Waals surface area contributed by atoms with Gasteiger partial charge in [-0.1, -0.05) is 0 Å². The molecule has 0 aliphatic heterocycles. The van der Waals surface area contributed by atoms with Gasteiger partial charge in [-0.3, -0.25) is 14.6 Å². The Morgan fingerprint density at radius 2 is 1.69 bits per heavy atom. The molecule has 0 unspecified atom stereocenters. The van der Waals surface area contributed by atoms with Crippen LogP contribution < -0.4 is 15.0 Å². The van der Waals surface area contributed by atoms with E-state index in [1.54, 1.807) is 37.5 Å². The van der Waals surface area contributed by atoms with Crippen molar-refractivity contribution in [1.82, 2.24) is 19.7 Å². The highest BCUT2D eigenvalue weighted by Gasteiger charge is 2.15. The van der Waals surface area contributed by atoms with Crippen LogP contribution in [0.25, 0.3) is 22.7 Å². The van der Waals surface area contributed by atoms with Crippen molar-refractivity contribution in [2.24, 2.45) is 7.05 Å². The van der Waals surface area contributed by atoms with E-state index in [1.165, 1.54) is 10.7 Å². The number of aryl methyl sites for hydroxylation is 1. The Hall–Kier alpha value is -4.29. The average molecular weight is 581 g/mol. The van der Waals surface area contributed by atoms with E-state index in [0.29, 0.717) is 80.1 Å². The Balaban J connectivity index is 1.11. The molecule has 0 amide bonds. The first-order chi connectivity index (χ1) is 20.2. The molecule has 3 aromatic heterocycles. The third-order valence-electron chi connectivity index (χ3n) is 5.68. The average Bonchev–Trinajstić information content (AvgIpc) is 3.37. The van der Waals surface area contributed by atoms with Crippen LogP contribution in [0.5, 0.6) is 11.5 Å². The standard InChI is InChI=1S/C30H36N4O8/c1-30(2,3)42-28(36)6-5-13-37-14-15-38-16-17-39-23-8-7-21(31-19-23)20-40-22-9-11-26-25(18-22)32-29(41-26)24-10-12-27(35)34(4)33-24/h7-12,18-19H,5-6,13-17,20H2,1-4H3. The summed E-state index contributed by atoms with van der Waals surface area (Å²) in [6.07, 6.45) is 2.59. The first-order valence-corrected chi connectivity index (χ1v) is 13.7. The van der Waals surface area contributed by atoms with Crippen LogP contribution >= 0.6 is 0 Å². The third kappa shape index (κ3) is 9.67. The van der Waals surface area contributed by atoms with Crippen LogP contribution in [-0.2, 0) is 32.7 Å². The molecule has 0 bridgehead atoms. The van der Waals surface area contributed by atoms with Gasteiger partial charge in [0.25, 0.3) is 5.56 Å². The van der Waals surface area contributed by atoms with Crippen molar-refractivity contribution in [2.45, 2.75) is 45.8 Å². The molecule has 0 spiro atoms. The molecule has 4 aromatic rings. The zero-order chi connectivity index (χ0) is 30.0. The molecule has 0 N–H and O–H groups in total. The van der Waals surface area contributed by atoms with Crippen LogP contribution in [0.1, 0.15) is 39.3 Å². The van der Waals surface area contributed by atoms with Gasteiger partial charge in [0.05, 0.1) is 31.7 Å². The number of carbonyl (C=O) groups excluding carboxylic acids is 1. The van der Waals surface area contributed by atoms with Crippen molar-refractivity contribution >= 4 is 17.1 Å². The van der Waals surface area contributed by atoms with Crippen LogP contribution in [0.4, 0.5) is 0 Å². The van der Waals surface area contributed by atoms with E-state index < -0.39 is 5.60 Å². The zero-order valence-electron chi connectivity index (χ0n) is 24.3. The molecule has 12 nitrogen and oxygen atoms in total. The van der Waals surface area contributed by atoms with Crippen molar-refractivity contribution in [3.63, 3.8) is 0 Å². The lowest BCUT2D eigenvalue weighted by Crippen LogP contribution is -2.23. The number of nitrogens with zero attached hydrogens (tertiary/aromatic N) is 4. The summed E-state index contributed by atoms with van der Waals surface area (Å²) in [6.45, 7) is 7.97. The van der Waals surface area contributed by atoms with Crippen LogP contribution in [-0.4, -0.2) is 64.4 Å². The topological polar surface area (TPSA) is 137 Å². The van der Waals surface area contributed by atoms with Gasteiger partial charge >= 0.3 is 5.97 Å². The predicted octanol–water partition coefficient (Wildman–Crippen LogP) is 4.10. The van der Waals surface area contributed by atoms with Gasteiger partial charge < -0.3 is 28.1 Å². The summed E-state index contributed by atoms with van der Waals surface area (Å²) >= 11 is 0. The van der Waals surface area contributed by atoms with Gasteiger partial charge in [-0.25, -0.2) is 9.67 Å². The lowest BCUT2D eigenvalue weighted by atomic mass is 10.2. The fraction of sp³-hybridized carbons (Fsp3) is 0.433. The normalized spacial score (nSPS) is 11.5. The zero-order valence-corrected chi connectivity index (χ0v) is 24.3. The minimum absolute atomic E-state index is 0.212. The number of hydrogen-bond donors (Lipinski definition) is 0. The van der Waals surface area contributed by atoms with Gasteiger partial charge in [-0.05, 0) is 57.5 Å². The van der Waals surface area contributed by atoms with Crippen LogP contribution in [0.2, 0.25) is 0 Å². The lowest BCUT2D eigenvalue weighted by molar-refractivity contribution is -0.155. The van der Waals surface area contributed by atoms with Gasteiger partial charge in [0, 0.05) is 32.2 Å². The molecule has 12 heteroatoms. The summed E-state index contributed by atoms with van der Waals surface area (Å²) in [6, 6.07) is 12.0. The summed E-state index contributed by atoms with van der Waals surface area (Å²) in [5, 5.41) is 4.17. The molecule has 224 valence electrons. The maximum atomic E-state index is 11.6. The van der Waals surface area contributed by atoms with Crippen molar-refractivity contribution in [1.29, 1.82) is 0 Å². The van der Waals surface area contributed by atoms with E-state index in [4.69, 9.17) is 28.1 Å². The van der Waals surface area contributed by atoms with Gasteiger partial charge in [0.15, 0.2) is 5.58 Å². The Bertz CT molecular complexity index is 1510. The highest BCUT2D eigenvalue weighted by Crippen LogP contribution is 2.26. The molecule has 3 heterocycles. The fourth-order valence-corrected chi connectivity index (χ4v) is 3.71. The fourth-order valence-electron chi connectivity index (χ4n) is 3.71. The van der Waals surface area contributed by atoms with E-state index in [2.05, 4.69) is 15.1 Å². The predicted molar refractivity (Wildman–Crippen MR) is 153 cm³/mol. The Morgan fingerprint density at radius 3 is 2.43 bits per heavy atom. The number of esters is 1. The summed E-state index contributed by atoms with van der Waals surface area (Å²) in [5.41, 5.74) is 1.72. The van der Waals surface area contributed by atoms with Gasteiger partial charge in [0.2, 0.25) is 5.89 Å². The first-order valence-electron chi connectivity index (χ1n) is 13.7. The number of pyridine rings is 1. The minimum atomic E-state index is -0.463. The number of ether oxygens (including phenoxy) is 5. The molecule has 0 aliphatic carbocycles.